The average Bonchev–Trinajstić information content (AvgIpc) is 3.62. The zero-order valence-corrected chi connectivity index (χ0v) is 22.6. The van der Waals surface area contributed by atoms with Gasteiger partial charge < -0.3 is 14.5 Å². The quantitative estimate of drug-likeness (QED) is 0.448. The lowest BCUT2D eigenvalue weighted by atomic mass is 10.0. The third-order valence-electron chi connectivity index (χ3n) is 7.69. The van der Waals surface area contributed by atoms with Crippen molar-refractivity contribution in [3.05, 3.63) is 70.4 Å². The number of urea groups is 1. The van der Waals surface area contributed by atoms with Crippen molar-refractivity contribution < 1.29 is 27.5 Å². The second-order valence-corrected chi connectivity index (χ2v) is 10.5. The van der Waals surface area contributed by atoms with E-state index in [1.165, 1.54) is 34.3 Å². The van der Waals surface area contributed by atoms with Crippen molar-refractivity contribution in [2.75, 3.05) is 19.6 Å². The molecule has 0 bridgehead atoms. The van der Waals surface area contributed by atoms with Gasteiger partial charge in [0.2, 0.25) is 5.91 Å². The number of amides is 3. The molecule has 13 heteroatoms. The highest BCUT2D eigenvalue weighted by atomic mass is 19.1. The number of hydrazone groups is 1. The summed E-state index contributed by atoms with van der Waals surface area (Å²) in [6.45, 7) is 5.27. The molecule has 5 heterocycles. The predicted molar refractivity (Wildman–Crippen MR) is 141 cm³/mol. The molecule has 2 saturated heterocycles. The normalized spacial score (nSPS) is 18.9. The summed E-state index contributed by atoms with van der Waals surface area (Å²) in [5.41, 5.74) is 2.79. The Kier molecular flexibility index (Phi) is 6.88. The molecule has 0 unspecified atom stereocenters. The number of hydrogen-bond acceptors (Lipinski definition) is 6. The molecule has 1 atom stereocenters. The van der Waals surface area contributed by atoms with Gasteiger partial charge in [0.05, 0.1) is 31.0 Å². The lowest BCUT2D eigenvalue weighted by molar-refractivity contribution is -0.128. The van der Waals surface area contributed by atoms with Gasteiger partial charge in [-0.25, -0.2) is 32.6 Å². The van der Waals surface area contributed by atoms with Crippen LogP contribution >= 0.6 is 0 Å². The van der Waals surface area contributed by atoms with E-state index in [1.54, 1.807) is 4.68 Å². The number of carbonyl (C=O) groups is 2. The highest BCUT2D eigenvalue weighted by Gasteiger charge is 2.39. The number of benzene rings is 1. The van der Waals surface area contributed by atoms with Crippen LogP contribution in [-0.2, 0) is 11.3 Å². The van der Waals surface area contributed by atoms with Gasteiger partial charge in [-0.15, -0.1) is 0 Å². The first-order chi connectivity index (χ1) is 19.7. The van der Waals surface area contributed by atoms with Crippen LogP contribution in [0.5, 0.6) is 5.75 Å². The molecule has 0 saturated carbocycles. The number of carbonyl (C=O) groups excluding carboxylic acids is 2. The van der Waals surface area contributed by atoms with Crippen LogP contribution in [0, 0.1) is 31.3 Å². The molecule has 41 heavy (non-hydrogen) atoms. The Morgan fingerprint density at radius 1 is 1.10 bits per heavy atom. The number of aryl methyl sites for hydroxylation is 1. The van der Waals surface area contributed by atoms with E-state index in [0.29, 0.717) is 37.3 Å². The summed E-state index contributed by atoms with van der Waals surface area (Å²) in [6.07, 6.45) is 3.84. The second-order valence-electron chi connectivity index (χ2n) is 10.5. The Hall–Kier alpha value is -4.42. The fourth-order valence-corrected chi connectivity index (χ4v) is 5.44. The van der Waals surface area contributed by atoms with E-state index in [2.05, 4.69) is 15.2 Å². The van der Waals surface area contributed by atoms with Crippen molar-refractivity contribution in [1.82, 2.24) is 29.6 Å². The van der Waals surface area contributed by atoms with Crippen molar-refractivity contribution in [1.29, 1.82) is 0 Å². The van der Waals surface area contributed by atoms with Crippen molar-refractivity contribution >= 4 is 18.2 Å². The van der Waals surface area contributed by atoms with Gasteiger partial charge in [0.1, 0.15) is 17.7 Å². The first kappa shape index (κ1) is 26.8. The van der Waals surface area contributed by atoms with Gasteiger partial charge in [0, 0.05) is 55.5 Å². The molecule has 0 N–H and O–H groups in total. The number of aromatic nitrogens is 3. The lowest BCUT2D eigenvalue weighted by Gasteiger charge is -2.41. The summed E-state index contributed by atoms with van der Waals surface area (Å²) >= 11 is 0. The summed E-state index contributed by atoms with van der Waals surface area (Å²) in [6, 6.07) is 3.55. The van der Waals surface area contributed by atoms with E-state index in [9.17, 15) is 22.8 Å². The Labute approximate surface area is 234 Å². The maximum absolute atomic E-state index is 14.7. The van der Waals surface area contributed by atoms with Crippen LogP contribution in [0.4, 0.5) is 18.0 Å². The van der Waals surface area contributed by atoms with Gasteiger partial charge in [-0.1, -0.05) is 0 Å². The number of nitrogens with zero attached hydrogens (tertiary/aromatic N) is 7. The van der Waals surface area contributed by atoms with Crippen molar-refractivity contribution in [3.63, 3.8) is 0 Å². The van der Waals surface area contributed by atoms with Crippen LogP contribution in [0.25, 0.3) is 5.82 Å². The molecule has 0 aliphatic carbocycles. The Morgan fingerprint density at radius 2 is 1.85 bits per heavy atom. The molecule has 3 aliphatic heterocycles. The molecule has 3 aliphatic rings. The minimum absolute atomic E-state index is 0.0248. The van der Waals surface area contributed by atoms with E-state index in [-0.39, 0.29) is 24.7 Å². The van der Waals surface area contributed by atoms with Crippen LogP contribution in [0.3, 0.4) is 0 Å². The zero-order chi connectivity index (χ0) is 28.8. The molecule has 6 rings (SSSR count). The Morgan fingerprint density at radius 3 is 2.56 bits per heavy atom. The Bertz CT molecular complexity index is 1530. The minimum Gasteiger partial charge on any atom is -0.483 e. The molecule has 214 valence electrons. The molecule has 3 amide bonds. The highest BCUT2D eigenvalue weighted by molar-refractivity contribution is 5.79. The molecular formula is C28H28F3N7O3. The van der Waals surface area contributed by atoms with Crippen molar-refractivity contribution in [3.8, 4) is 11.6 Å². The van der Waals surface area contributed by atoms with Crippen LogP contribution in [0.2, 0.25) is 0 Å². The summed E-state index contributed by atoms with van der Waals surface area (Å²) in [4.78, 5) is 32.7. The van der Waals surface area contributed by atoms with Crippen LogP contribution in [0.1, 0.15) is 47.8 Å². The lowest BCUT2D eigenvalue weighted by Crippen LogP contribution is -2.58. The summed E-state index contributed by atoms with van der Waals surface area (Å²) in [7, 11) is 0. The number of rotatable bonds is 6. The smallest absolute Gasteiger partial charge is 0.341 e. The summed E-state index contributed by atoms with van der Waals surface area (Å²) in [5, 5.41) is 9.88. The van der Waals surface area contributed by atoms with Gasteiger partial charge in [0.15, 0.2) is 17.4 Å². The molecule has 0 radical (unpaired) electrons. The molecule has 1 aromatic carbocycles. The monoisotopic (exact) mass is 567 g/mol. The number of ether oxygens (including phenoxy) is 1. The van der Waals surface area contributed by atoms with Crippen LogP contribution < -0.4 is 4.74 Å². The van der Waals surface area contributed by atoms with Crippen molar-refractivity contribution in [2.45, 2.75) is 51.8 Å². The highest BCUT2D eigenvalue weighted by Crippen LogP contribution is 2.32. The summed E-state index contributed by atoms with van der Waals surface area (Å²) in [5.74, 6) is -1.65. The van der Waals surface area contributed by atoms with Gasteiger partial charge >= 0.3 is 6.03 Å². The van der Waals surface area contributed by atoms with E-state index in [0.717, 1.165) is 35.6 Å². The number of likely N-dealkylation sites (tertiary alicyclic amines) is 2. The van der Waals surface area contributed by atoms with Gasteiger partial charge in [0.25, 0.3) is 0 Å². The first-order valence-electron chi connectivity index (χ1n) is 13.4. The number of pyridine rings is 1. The minimum atomic E-state index is -0.728. The van der Waals surface area contributed by atoms with E-state index < -0.39 is 35.6 Å². The molecule has 2 fully saturated rings. The Balaban J connectivity index is 1.12. The van der Waals surface area contributed by atoms with Crippen LogP contribution in [-0.4, -0.2) is 73.5 Å². The van der Waals surface area contributed by atoms with Crippen LogP contribution in [0.15, 0.2) is 35.6 Å². The summed E-state index contributed by atoms with van der Waals surface area (Å²) < 4.78 is 49.6. The predicted octanol–water partition coefficient (Wildman–Crippen LogP) is 4.04. The topological polar surface area (TPSA) is 96.2 Å². The molecule has 3 aromatic rings. The van der Waals surface area contributed by atoms with E-state index in [1.807, 2.05) is 18.7 Å². The third-order valence-corrected chi connectivity index (χ3v) is 7.69. The van der Waals surface area contributed by atoms with Crippen molar-refractivity contribution in [2.24, 2.45) is 5.10 Å². The van der Waals surface area contributed by atoms with E-state index in [4.69, 9.17) is 4.74 Å². The number of halogens is 3. The fraction of sp³-hybridized carbons (Fsp3) is 0.393. The second kappa shape index (κ2) is 10.5. The zero-order valence-electron chi connectivity index (χ0n) is 22.6. The molecule has 0 spiro atoms. The largest absolute Gasteiger partial charge is 0.483 e. The van der Waals surface area contributed by atoms with Gasteiger partial charge in [-0.2, -0.15) is 10.2 Å². The fourth-order valence-electron chi connectivity index (χ4n) is 5.44. The average molecular weight is 568 g/mol. The maximum atomic E-state index is 14.7. The molecule has 2 aromatic heterocycles. The number of hydrogen-bond donors (Lipinski definition) is 0. The van der Waals surface area contributed by atoms with Gasteiger partial charge in [-0.3, -0.25) is 4.79 Å². The standard InChI is InChI=1S/C28H28F3N7O3/c1-16-22(15-35-7-3-4-27(35)39)17(2)37(34-16)26-11-25(23(31)12-32-26)41-21-13-36(14-21)28(40)38-24(5-6-33-38)18-8-19(29)10-20(30)9-18/h6,8-12,21,24H,3-5,7,13-15H2,1-2H3/t24-/m0/s1. The third kappa shape index (κ3) is 5.11. The maximum Gasteiger partial charge on any atom is 0.341 e. The molecular weight excluding hydrogens is 539 g/mol. The van der Waals surface area contributed by atoms with Gasteiger partial charge in [-0.05, 0) is 38.0 Å². The molecule has 10 nitrogen and oxygen atoms in total. The first-order valence-corrected chi connectivity index (χ1v) is 13.4. The van der Waals surface area contributed by atoms with E-state index >= 15 is 0 Å². The SMILES string of the molecule is Cc1nn(-c2cc(OC3CN(C(=O)N4N=CC[C@H]4c4cc(F)cc(F)c4)C3)c(F)cn2)c(C)c1CN1CCCC1=O.